The third-order valence-electron chi connectivity index (χ3n) is 2.80. The highest BCUT2D eigenvalue weighted by molar-refractivity contribution is 5.77. The van der Waals surface area contributed by atoms with Gasteiger partial charge >= 0.3 is 0 Å². The van der Waals surface area contributed by atoms with Gasteiger partial charge in [-0.2, -0.15) is 0 Å². The molecule has 0 bridgehead atoms. The Hall–Kier alpha value is -1.55. The van der Waals surface area contributed by atoms with Gasteiger partial charge in [-0.25, -0.2) is 0 Å². The predicted octanol–water partition coefficient (Wildman–Crippen LogP) is 2.14. The molecule has 1 N–H and O–H groups in total. The van der Waals surface area contributed by atoms with E-state index in [1.54, 1.807) is 7.11 Å². The lowest BCUT2D eigenvalue weighted by Crippen LogP contribution is -2.30. The summed E-state index contributed by atoms with van der Waals surface area (Å²) in [4.78, 5) is 11.6. The quantitative estimate of drug-likeness (QED) is 0.768. The van der Waals surface area contributed by atoms with Crippen LogP contribution < -0.4 is 10.1 Å². The number of rotatable bonds is 7. The molecular formula is C15H23NO3. The number of amides is 1. The van der Waals surface area contributed by atoms with E-state index in [-0.39, 0.29) is 12.5 Å². The minimum absolute atomic E-state index is 0.0533. The molecule has 0 aliphatic rings. The topological polar surface area (TPSA) is 47.6 Å². The van der Waals surface area contributed by atoms with Crippen LogP contribution in [0.1, 0.15) is 23.1 Å². The summed E-state index contributed by atoms with van der Waals surface area (Å²) in [6, 6.07) is 4.11. The Kier molecular flexibility index (Phi) is 6.36. The van der Waals surface area contributed by atoms with E-state index in [9.17, 15) is 4.79 Å². The van der Waals surface area contributed by atoms with Crippen LogP contribution in [-0.4, -0.2) is 32.8 Å². The molecule has 0 spiro atoms. The molecule has 0 aliphatic heterocycles. The molecule has 0 aliphatic carbocycles. The third-order valence-corrected chi connectivity index (χ3v) is 2.80. The molecule has 4 heteroatoms. The molecule has 0 radical (unpaired) electrons. The highest BCUT2D eigenvalue weighted by Gasteiger charge is 2.07. The summed E-state index contributed by atoms with van der Waals surface area (Å²) >= 11 is 0. The molecular weight excluding hydrogens is 242 g/mol. The lowest BCUT2D eigenvalue weighted by Gasteiger charge is -2.13. The predicted molar refractivity (Wildman–Crippen MR) is 75.7 cm³/mol. The van der Waals surface area contributed by atoms with Crippen LogP contribution in [0, 0.1) is 20.8 Å². The van der Waals surface area contributed by atoms with Crippen molar-refractivity contribution in [2.75, 3.05) is 26.9 Å². The van der Waals surface area contributed by atoms with E-state index < -0.39 is 0 Å². The first-order valence-corrected chi connectivity index (χ1v) is 6.51. The van der Waals surface area contributed by atoms with Gasteiger partial charge in [0.1, 0.15) is 5.75 Å². The number of aryl methyl sites for hydroxylation is 3. The molecule has 0 fully saturated rings. The van der Waals surface area contributed by atoms with Crippen molar-refractivity contribution in [1.29, 1.82) is 0 Å². The van der Waals surface area contributed by atoms with Gasteiger partial charge in [0, 0.05) is 20.3 Å². The lowest BCUT2D eigenvalue weighted by atomic mass is 10.1. The molecule has 0 saturated carbocycles. The molecule has 0 saturated heterocycles. The zero-order valence-corrected chi connectivity index (χ0v) is 12.2. The van der Waals surface area contributed by atoms with Crippen molar-refractivity contribution in [2.45, 2.75) is 27.2 Å². The summed E-state index contributed by atoms with van der Waals surface area (Å²) in [7, 11) is 1.65. The number of carbonyl (C=O) groups excluding carboxylic acids is 1. The van der Waals surface area contributed by atoms with Gasteiger partial charge in [0.25, 0.3) is 5.91 Å². The molecule has 1 amide bonds. The number of ether oxygens (including phenoxy) is 2. The van der Waals surface area contributed by atoms with Crippen molar-refractivity contribution in [2.24, 2.45) is 0 Å². The summed E-state index contributed by atoms with van der Waals surface area (Å²) in [6.07, 6.45) is 0.810. The maximum Gasteiger partial charge on any atom is 0.257 e. The maximum atomic E-state index is 11.6. The third kappa shape index (κ3) is 5.30. The Balaban J connectivity index is 2.42. The van der Waals surface area contributed by atoms with Crippen molar-refractivity contribution in [1.82, 2.24) is 5.32 Å². The number of nitrogens with one attached hydrogen (secondary N) is 1. The second kappa shape index (κ2) is 7.79. The van der Waals surface area contributed by atoms with Crippen molar-refractivity contribution < 1.29 is 14.3 Å². The molecule has 106 valence electrons. The zero-order valence-electron chi connectivity index (χ0n) is 12.2. The summed E-state index contributed by atoms with van der Waals surface area (Å²) < 4.78 is 10.5. The first-order valence-electron chi connectivity index (χ1n) is 6.51. The average molecular weight is 265 g/mol. The number of hydrogen-bond donors (Lipinski definition) is 1. The van der Waals surface area contributed by atoms with Gasteiger partial charge in [-0.15, -0.1) is 0 Å². The van der Waals surface area contributed by atoms with Crippen molar-refractivity contribution in [3.63, 3.8) is 0 Å². The minimum Gasteiger partial charge on any atom is -0.483 e. The molecule has 1 aromatic rings. The van der Waals surface area contributed by atoms with E-state index >= 15 is 0 Å². The van der Waals surface area contributed by atoms with E-state index in [2.05, 4.69) is 17.4 Å². The molecule has 0 atom stereocenters. The molecule has 0 unspecified atom stereocenters. The monoisotopic (exact) mass is 265 g/mol. The highest BCUT2D eigenvalue weighted by Crippen LogP contribution is 2.24. The first kappa shape index (κ1) is 15.5. The van der Waals surface area contributed by atoms with E-state index in [1.807, 2.05) is 20.8 Å². The zero-order chi connectivity index (χ0) is 14.3. The van der Waals surface area contributed by atoms with Crippen LogP contribution in [0.3, 0.4) is 0 Å². The fourth-order valence-corrected chi connectivity index (χ4v) is 2.03. The molecule has 0 aromatic heterocycles. The largest absolute Gasteiger partial charge is 0.483 e. The Morgan fingerprint density at radius 1 is 1.21 bits per heavy atom. The Labute approximate surface area is 115 Å². The van der Waals surface area contributed by atoms with Crippen molar-refractivity contribution >= 4 is 5.91 Å². The number of methoxy groups -OCH3 is 1. The molecule has 1 rings (SSSR count). The average Bonchev–Trinajstić information content (AvgIpc) is 2.33. The van der Waals surface area contributed by atoms with Crippen molar-refractivity contribution in [3.8, 4) is 5.75 Å². The first-order chi connectivity index (χ1) is 9.04. The van der Waals surface area contributed by atoms with Crippen LogP contribution in [0.2, 0.25) is 0 Å². The lowest BCUT2D eigenvalue weighted by molar-refractivity contribution is -0.123. The molecule has 19 heavy (non-hydrogen) atoms. The Morgan fingerprint density at radius 2 is 1.84 bits per heavy atom. The van der Waals surface area contributed by atoms with E-state index in [0.717, 1.165) is 23.3 Å². The number of carbonyl (C=O) groups is 1. The summed E-state index contributed by atoms with van der Waals surface area (Å²) in [5, 5.41) is 2.79. The fourth-order valence-electron chi connectivity index (χ4n) is 2.03. The Bertz CT molecular complexity index is 406. The van der Waals surface area contributed by atoms with Gasteiger partial charge in [0.15, 0.2) is 6.61 Å². The molecule has 0 heterocycles. The van der Waals surface area contributed by atoms with Gasteiger partial charge in [0.2, 0.25) is 0 Å². The van der Waals surface area contributed by atoms with E-state index in [1.165, 1.54) is 5.56 Å². The Morgan fingerprint density at radius 3 is 2.42 bits per heavy atom. The van der Waals surface area contributed by atoms with Gasteiger partial charge in [-0.05, 0) is 38.3 Å². The molecule has 1 aromatic carbocycles. The second-order valence-corrected chi connectivity index (χ2v) is 4.71. The second-order valence-electron chi connectivity index (χ2n) is 4.71. The fraction of sp³-hybridized carbons (Fsp3) is 0.533. The smallest absolute Gasteiger partial charge is 0.257 e. The minimum atomic E-state index is -0.101. The maximum absolute atomic E-state index is 11.6. The summed E-state index contributed by atoms with van der Waals surface area (Å²) in [6.45, 7) is 7.35. The van der Waals surface area contributed by atoms with Crippen LogP contribution >= 0.6 is 0 Å². The molecule has 4 nitrogen and oxygen atoms in total. The van der Waals surface area contributed by atoms with Crippen molar-refractivity contribution in [3.05, 3.63) is 28.8 Å². The number of hydrogen-bond acceptors (Lipinski definition) is 3. The van der Waals surface area contributed by atoms with E-state index in [4.69, 9.17) is 9.47 Å². The van der Waals surface area contributed by atoms with Crippen LogP contribution in [-0.2, 0) is 9.53 Å². The standard InChI is InChI=1S/C15H23NO3/c1-11-8-12(2)15(13(3)9-11)19-10-14(17)16-6-5-7-18-4/h8-9H,5-7,10H2,1-4H3,(H,16,17). The summed E-state index contributed by atoms with van der Waals surface area (Å²) in [5.41, 5.74) is 3.32. The number of benzene rings is 1. The van der Waals surface area contributed by atoms with Gasteiger partial charge in [0.05, 0.1) is 0 Å². The van der Waals surface area contributed by atoms with Crippen LogP contribution in [0.25, 0.3) is 0 Å². The van der Waals surface area contributed by atoms with Gasteiger partial charge in [-0.3, -0.25) is 4.79 Å². The van der Waals surface area contributed by atoms with Crippen LogP contribution in [0.5, 0.6) is 5.75 Å². The summed E-state index contributed by atoms with van der Waals surface area (Å²) in [5.74, 6) is 0.702. The van der Waals surface area contributed by atoms with E-state index in [0.29, 0.717) is 13.2 Å². The SMILES string of the molecule is COCCCNC(=O)COc1c(C)cc(C)cc1C. The van der Waals surface area contributed by atoms with Crippen LogP contribution in [0.4, 0.5) is 0 Å². The highest BCUT2D eigenvalue weighted by atomic mass is 16.5. The normalized spacial score (nSPS) is 10.3. The van der Waals surface area contributed by atoms with Gasteiger partial charge < -0.3 is 14.8 Å². The van der Waals surface area contributed by atoms with Crippen LogP contribution in [0.15, 0.2) is 12.1 Å². The van der Waals surface area contributed by atoms with Gasteiger partial charge in [-0.1, -0.05) is 17.7 Å².